The number of para-hydroxylation sites is 1. The number of aryl methyl sites for hydroxylation is 1. The van der Waals surface area contributed by atoms with E-state index in [0.717, 1.165) is 22.4 Å². The minimum Gasteiger partial charge on any atom is -0.386 e. The van der Waals surface area contributed by atoms with Gasteiger partial charge in [-0.05, 0) is 31.0 Å². The Bertz CT molecular complexity index is 856. The summed E-state index contributed by atoms with van der Waals surface area (Å²) in [5.74, 6) is 0.746. The lowest BCUT2D eigenvalue weighted by molar-refractivity contribution is -0.116. The zero-order chi connectivity index (χ0) is 19.9. The minimum atomic E-state index is -0.656. The molecule has 1 aliphatic rings. The average Bonchev–Trinajstić information content (AvgIpc) is 2.69. The molecule has 156 valence electrons. The lowest BCUT2D eigenvalue weighted by Gasteiger charge is -2.26. The summed E-state index contributed by atoms with van der Waals surface area (Å²) in [7, 11) is 0. The molecule has 1 aliphatic heterocycles. The standard InChI is InChI=1S/C22H28N4O2.HI/c1-3-23-22(25-14-20(27)16-8-6-7-15(2)11-16)24-13-17-12-21(28)26-19-10-5-4-9-18(17)19;/h4-11,17,20,27H,3,12-14H2,1-2H3,(H,26,28)(H2,23,24,25);1H. The van der Waals surface area contributed by atoms with Crippen molar-refractivity contribution >= 4 is 41.5 Å². The molecule has 1 amide bonds. The lowest BCUT2D eigenvalue weighted by Crippen LogP contribution is -2.41. The van der Waals surface area contributed by atoms with Gasteiger partial charge in [-0.2, -0.15) is 0 Å². The monoisotopic (exact) mass is 508 g/mol. The van der Waals surface area contributed by atoms with E-state index in [1.54, 1.807) is 0 Å². The molecular formula is C22H29IN4O2. The fourth-order valence-corrected chi connectivity index (χ4v) is 3.41. The number of carbonyl (C=O) groups is 1. The Kier molecular flexibility index (Phi) is 8.91. The summed E-state index contributed by atoms with van der Waals surface area (Å²) >= 11 is 0. The summed E-state index contributed by atoms with van der Waals surface area (Å²) < 4.78 is 0. The highest BCUT2D eigenvalue weighted by Gasteiger charge is 2.24. The second-order valence-corrected chi connectivity index (χ2v) is 7.07. The molecule has 2 unspecified atom stereocenters. The first-order chi connectivity index (χ1) is 13.6. The molecule has 4 N–H and O–H groups in total. The van der Waals surface area contributed by atoms with Gasteiger partial charge in [-0.1, -0.05) is 48.0 Å². The van der Waals surface area contributed by atoms with Crippen LogP contribution in [0.1, 0.15) is 42.1 Å². The zero-order valence-corrected chi connectivity index (χ0v) is 19.1. The second kappa shape index (κ2) is 11.2. The largest absolute Gasteiger partial charge is 0.386 e. The van der Waals surface area contributed by atoms with E-state index in [9.17, 15) is 9.90 Å². The van der Waals surface area contributed by atoms with Gasteiger partial charge in [-0.3, -0.25) is 9.79 Å². The Balaban J connectivity index is 0.00000300. The molecule has 29 heavy (non-hydrogen) atoms. The number of amides is 1. The van der Waals surface area contributed by atoms with E-state index in [4.69, 9.17) is 0 Å². The molecule has 0 aliphatic carbocycles. The SMILES string of the molecule is CCNC(=NCC(O)c1cccc(C)c1)NCC1CC(=O)Nc2ccccc21.I. The van der Waals surface area contributed by atoms with Gasteiger partial charge in [-0.15, -0.1) is 24.0 Å². The van der Waals surface area contributed by atoms with Gasteiger partial charge in [0.1, 0.15) is 0 Å². The number of aliphatic hydroxyl groups excluding tert-OH is 1. The van der Waals surface area contributed by atoms with Gasteiger partial charge < -0.3 is 21.1 Å². The third-order valence-electron chi connectivity index (χ3n) is 4.82. The van der Waals surface area contributed by atoms with Gasteiger partial charge in [0.25, 0.3) is 0 Å². The normalized spacial score (nSPS) is 16.9. The maximum absolute atomic E-state index is 12.0. The second-order valence-electron chi connectivity index (χ2n) is 7.07. The highest BCUT2D eigenvalue weighted by molar-refractivity contribution is 14.0. The number of nitrogens with zero attached hydrogens (tertiary/aromatic N) is 1. The van der Waals surface area contributed by atoms with E-state index in [1.165, 1.54) is 0 Å². The molecule has 0 bridgehead atoms. The van der Waals surface area contributed by atoms with Crippen LogP contribution in [0.3, 0.4) is 0 Å². The molecule has 0 spiro atoms. The molecule has 0 aromatic heterocycles. The van der Waals surface area contributed by atoms with Crippen LogP contribution in [0.4, 0.5) is 5.69 Å². The predicted octanol–water partition coefficient (Wildman–Crippen LogP) is 3.33. The van der Waals surface area contributed by atoms with Crippen molar-refractivity contribution in [2.75, 3.05) is 25.0 Å². The van der Waals surface area contributed by atoms with Gasteiger partial charge in [0.05, 0.1) is 12.6 Å². The van der Waals surface area contributed by atoms with Crippen molar-refractivity contribution in [3.63, 3.8) is 0 Å². The Morgan fingerprint density at radius 3 is 2.79 bits per heavy atom. The summed E-state index contributed by atoms with van der Waals surface area (Å²) in [6.45, 7) is 5.58. The fraction of sp³-hybridized carbons (Fsp3) is 0.364. The first-order valence-electron chi connectivity index (χ1n) is 9.72. The molecule has 2 atom stereocenters. The lowest BCUT2D eigenvalue weighted by atomic mass is 9.90. The molecular weight excluding hydrogens is 479 g/mol. The number of aliphatic imine (C=N–C) groups is 1. The van der Waals surface area contributed by atoms with Gasteiger partial charge >= 0.3 is 0 Å². The molecule has 0 saturated carbocycles. The van der Waals surface area contributed by atoms with Crippen LogP contribution in [-0.4, -0.2) is 36.6 Å². The molecule has 2 aromatic rings. The van der Waals surface area contributed by atoms with E-state index < -0.39 is 6.10 Å². The molecule has 0 radical (unpaired) electrons. The predicted molar refractivity (Wildman–Crippen MR) is 128 cm³/mol. The number of benzene rings is 2. The van der Waals surface area contributed by atoms with E-state index in [1.807, 2.05) is 62.4 Å². The highest BCUT2D eigenvalue weighted by Crippen LogP contribution is 2.31. The number of aliphatic hydroxyl groups is 1. The van der Waals surface area contributed by atoms with Gasteiger partial charge in [0, 0.05) is 31.1 Å². The number of nitrogens with one attached hydrogen (secondary N) is 3. The minimum absolute atomic E-state index is 0. The third-order valence-corrected chi connectivity index (χ3v) is 4.82. The maximum atomic E-state index is 12.0. The van der Waals surface area contributed by atoms with Crippen molar-refractivity contribution in [2.24, 2.45) is 4.99 Å². The number of carbonyl (C=O) groups excluding carboxylic acids is 1. The number of fused-ring (bicyclic) bond motifs is 1. The summed E-state index contributed by atoms with van der Waals surface area (Å²) in [5, 5.41) is 19.9. The Labute approximate surface area is 189 Å². The zero-order valence-electron chi connectivity index (χ0n) is 16.8. The molecule has 0 fully saturated rings. The first-order valence-corrected chi connectivity index (χ1v) is 9.72. The highest BCUT2D eigenvalue weighted by atomic mass is 127. The number of halogens is 1. The van der Waals surface area contributed by atoms with Crippen LogP contribution >= 0.6 is 24.0 Å². The van der Waals surface area contributed by atoms with Crippen LogP contribution in [0, 0.1) is 6.92 Å². The van der Waals surface area contributed by atoms with Crippen molar-refractivity contribution < 1.29 is 9.90 Å². The maximum Gasteiger partial charge on any atom is 0.225 e. The Hall–Kier alpha value is -2.13. The third kappa shape index (κ3) is 6.43. The van der Waals surface area contributed by atoms with Gasteiger partial charge in [0.2, 0.25) is 5.91 Å². The fourth-order valence-electron chi connectivity index (χ4n) is 3.41. The number of hydrogen-bond donors (Lipinski definition) is 4. The first kappa shape index (κ1) is 23.2. The van der Waals surface area contributed by atoms with E-state index in [2.05, 4.69) is 20.9 Å². The van der Waals surface area contributed by atoms with Crippen LogP contribution < -0.4 is 16.0 Å². The van der Waals surface area contributed by atoms with Crippen molar-refractivity contribution in [1.29, 1.82) is 0 Å². The van der Waals surface area contributed by atoms with Crippen LogP contribution in [0.2, 0.25) is 0 Å². The van der Waals surface area contributed by atoms with Gasteiger partial charge in [-0.25, -0.2) is 0 Å². The van der Waals surface area contributed by atoms with E-state index >= 15 is 0 Å². The summed E-state index contributed by atoms with van der Waals surface area (Å²) in [6.07, 6.45) is -0.216. The Morgan fingerprint density at radius 2 is 2.03 bits per heavy atom. The quantitative estimate of drug-likeness (QED) is 0.274. The van der Waals surface area contributed by atoms with E-state index in [-0.39, 0.29) is 42.3 Å². The number of rotatable bonds is 6. The summed E-state index contributed by atoms with van der Waals surface area (Å²) in [4.78, 5) is 16.5. The summed E-state index contributed by atoms with van der Waals surface area (Å²) in [5.41, 5.74) is 3.98. The van der Waals surface area contributed by atoms with Crippen LogP contribution in [-0.2, 0) is 4.79 Å². The van der Waals surface area contributed by atoms with E-state index in [0.29, 0.717) is 25.5 Å². The number of anilines is 1. The smallest absolute Gasteiger partial charge is 0.225 e. The van der Waals surface area contributed by atoms with Crippen molar-refractivity contribution in [3.05, 3.63) is 65.2 Å². The molecule has 0 saturated heterocycles. The van der Waals surface area contributed by atoms with Crippen LogP contribution in [0.15, 0.2) is 53.5 Å². The van der Waals surface area contributed by atoms with Crippen LogP contribution in [0.25, 0.3) is 0 Å². The molecule has 7 heteroatoms. The van der Waals surface area contributed by atoms with Crippen molar-refractivity contribution in [2.45, 2.75) is 32.3 Å². The Morgan fingerprint density at radius 1 is 1.24 bits per heavy atom. The molecule has 2 aromatic carbocycles. The molecule has 1 heterocycles. The van der Waals surface area contributed by atoms with Crippen LogP contribution in [0.5, 0.6) is 0 Å². The number of guanidine groups is 1. The molecule has 6 nitrogen and oxygen atoms in total. The topological polar surface area (TPSA) is 85.8 Å². The average molecular weight is 508 g/mol. The van der Waals surface area contributed by atoms with Crippen molar-refractivity contribution in [3.8, 4) is 0 Å². The summed E-state index contributed by atoms with van der Waals surface area (Å²) in [6, 6.07) is 15.7. The number of hydrogen-bond acceptors (Lipinski definition) is 3. The van der Waals surface area contributed by atoms with Crippen molar-refractivity contribution in [1.82, 2.24) is 10.6 Å². The molecule has 3 rings (SSSR count). The van der Waals surface area contributed by atoms with Gasteiger partial charge in [0.15, 0.2) is 5.96 Å².